The van der Waals surface area contributed by atoms with Gasteiger partial charge in [-0.2, -0.15) is 5.10 Å². The van der Waals surface area contributed by atoms with Gasteiger partial charge in [-0.25, -0.2) is 9.67 Å². The molecule has 0 spiro atoms. The summed E-state index contributed by atoms with van der Waals surface area (Å²) < 4.78 is 1.67. The molecule has 0 saturated heterocycles. The van der Waals surface area contributed by atoms with Crippen LogP contribution in [0.3, 0.4) is 0 Å². The van der Waals surface area contributed by atoms with E-state index in [1.54, 1.807) is 11.0 Å². The van der Waals surface area contributed by atoms with Crippen LogP contribution in [0.2, 0.25) is 0 Å². The van der Waals surface area contributed by atoms with Gasteiger partial charge in [0.25, 0.3) is 5.91 Å². The van der Waals surface area contributed by atoms with Crippen LogP contribution in [0.4, 0.5) is 0 Å². The van der Waals surface area contributed by atoms with Crippen LogP contribution in [0, 0.1) is 5.92 Å². The SMILES string of the molecule is CC(C)CN(C(=O)c1ccc(-n2cncn2)cc1)C(C)C. The molecular weight excluding hydrogens is 264 g/mol. The Morgan fingerprint density at radius 2 is 1.86 bits per heavy atom. The Bertz CT molecular complexity index is 573. The maximum absolute atomic E-state index is 12.6. The van der Waals surface area contributed by atoms with Crippen LogP contribution in [-0.2, 0) is 0 Å². The van der Waals surface area contributed by atoms with E-state index in [9.17, 15) is 4.79 Å². The van der Waals surface area contributed by atoms with Crippen LogP contribution in [0.25, 0.3) is 5.69 Å². The highest BCUT2D eigenvalue weighted by molar-refractivity contribution is 5.94. The monoisotopic (exact) mass is 286 g/mol. The summed E-state index contributed by atoms with van der Waals surface area (Å²) in [6, 6.07) is 7.64. The molecule has 5 nitrogen and oxygen atoms in total. The molecule has 2 aromatic rings. The zero-order valence-electron chi connectivity index (χ0n) is 13.0. The Kier molecular flexibility index (Phi) is 4.73. The predicted octanol–water partition coefficient (Wildman–Crippen LogP) is 2.77. The number of carbonyl (C=O) groups excluding carboxylic acids is 1. The van der Waals surface area contributed by atoms with Gasteiger partial charge in [0.15, 0.2) is 0 Å². The standard InChI is InChI=1S/C16H22N4O/c1-12(2)9-19(13(3)4)16(21)14-5-7-15(8-6-14)20-11-17-10-18-20/h5-8,10-13H,9H2,1-4H3. The van der Waals surface area contributed by atoms with Crippen molar-refractivity contribution in [1.29, 1.82) is 0 Å². The third-order valence-corrected chi connectivity index (χ3v) is 3.24. The van der Waals surface area contributed by atoms with Crippen LogP contribution >= 0.6 is 0 Å². The summed E-state index contributed by atoms with van der Waals surface area (Å²) >= 11 is 0. The van der Waals surface area contributed by atoms with Gasteiger partial charge in [-0.05, 0) is 44.0 Å². The topological polar surface area (TPSA) is 51.0 Å². The summed E-state index contributed by atoms with van der Waals surface area (Å²) in [6.45, 7) is 9.10. The van der Waals surface area contributed by atoms with Crippen LogP contribution in [0.15, 0.2) is 36.9 Å². The van der Waals surface area contributed by atoms with Crippen molar-refractivity contribution in [2.75, 3.05) is 6.54 Å². The van der Waals surface area contributed by atoms with Crippen LogP contribution in [0.5, 0.6) is 0 Å². The van der Waals surface area contributed by atoms with E-state index in [-0.39, 0.29) is 11.9 Å². The zero-order valence-corrected chi connectivity index (χ0v) is 13.0. The second-order valence-corrected chi connectivity index (χ2v) is 5.83. The molecule has 0 bridgehead atoms. The lowest BCUT2D eigenvalue weighted by atomic mass is 10.1. The second kappa shape index (κ2) is 6.52. The van der Waals surface area contributed by atoms with Crippen LogP contribution < -0.4 is 0 Å². The number of nitrogens with zero attached hydrogens (tertiary/aromatic N) is 4. The molecule has 1 heterocycles. The van der Waals surface area contributed by atoms with Gasteiger partial charge in [0.1, 0.15) is 12.7 Å². The third-order valence-electron chi connectivity index (χ3n) is 3.24. The smallest absolute Gasteiger partial charge is 0.254 e. The van der Waals surface area contributed by atoms with E-state index in [2.05, 4.69) is 23.9 Å². The molecule has 0 aliphatic heterocycles. The van der Waals surface area contributed by atoms with Gasteiger partial charge in [0, 0.05) is 18.2 Å². The molecule has 0 unspecified atom stereocenters. The Morgan fingerprint density at radius 3 is 2.33 bits per heavy atom. The third kappa shape index (κ3) is 3.68. The quantitative estimate of drug-likeness (QED) is 0.849. The molecule has 0 radical (unpaired) electrons. The first-order valence-corrected chi connectivity index (χ1v) is 7.25. The summed E-state index contributed by atoms with van der Waals surface area (Å²) in [6.07, 6.45) is 3.12. The number of carbonyl (C=O) groups is 1. The highest BCUT2D eigenvalue weighted by Crippen LogP contribution is 2.13. The summed E-state index contributed by atoms with van der Waals surface area (Å²) in [7, 11) is 0. The van der Waals surface area contributed by atoms with E-state index in [1.165, 1.54) is 6.33 Å². The van der Waals surface area contributed by atoms with Gasteiger partial charge in [-0.3, -0.25) is 4.79 Å². The maximum atomic E-state index is 12.6. The number of aromatic nitrogens is 3. The summed E-state index contributed by atoms with van der Waals surface area (Å²) in [5, 5.41) is 4.07. The Morgan fingerprint density at radius 1 is 1.19 bits per heavy atom. The zero-order chi connectivity index (χ0) is 15.4. The second-order valence-electron chi connectivity index (χ2n) is 5.83. The molecule has 21 heavy (non-hydrogen) atoms. The van der Waals surface area contributed by atoms with Crippen molar-refractivity contribution in [2.24, 2.45) is 5.92 Å². The van der Waals surface area contributed by atoms with Crippen molar-refractivity contribution in [2.45, 2.75) is 33.7 Å². The molecule has 0 atom stereocenters. The van der Waals surface area contributed by atoms with E-state index in [0.29, 0.717) is 11.5 Å². The van der Waals surface area contributed by atoms with Gasteiger partial charge in [-0.1, -0.05) is 13.8 Å². The molecule has 0 aliphatic rings. The fourth-order valence-electron chi connectivity index (χ4n) is 2.19. The highest BCUT2D eigenvalue weighted by atomic mass is 16.2. The van der Waals surface area contributed by atoms with Crippen molar-refractivity contribution in [1.82, 2.24) is 19.7 Å². The Balaban J connectivity index is 2.18. The first-order valence-electron chi connectivity index (χ1n) is 7.25. The van der Waals surface area contributed by atoms with E-state index in [4.69, 9.17) is 0 Å². The van der Waals surface area contributed by atoms with Crippen molar-refractivity contribution in [3.05, 3.63) is 42.5 Å². The average Bonchev–Trinajstić information content (AvgIpc) is 2.98. The molecule has 5 heteroatoms. The number of hydrogen-bond donors (Lipinski definition) is 0. The predicted molar refractivity (Wildman–Crippen MR) is 82.4 cm³/mol. The Labute approximate surface area is 125 Å². The maximum Gasteiger partial charge on any atom is 0.254 e. The normalized spacial score (nSPS) is 11.1. The van der Waals surface area contributed by atoms with E-state index >= 15 is 0 Å². The molecule has 2 rings (SSSR count). The molecule has 1 aromatic heterocycles. The fourth-order valence-corrected chi connectivity index (χ4v) is 2.19. The molecular formula is C16H22N4O. The Hall–Kier alpha value is -2.17. The molecule has 112 valence electrons. The molecule has 0 fully saturated rings. The minimum atomic E-state index is 0.0730. The fraction of sp³-hybridized carbons (Fsp3) is 0.438. The molecule has 1 aromatic carbocycles. The van der Waals surface area contributed by atoms with E-state index in [1.807, 2.05) is 43.0 Å². The number of amides is 1. The molecule has 0 saturated carbocycles. The molecule has 0 aliphatic carbocycles. The van der Waals surface area contributed by atoms with Crippen molar-refractivity contribution in [3.8, 4) is 5.69 Å². The number of hydrogen-bond acceptors (Lipinski definition) is 3. The number of rotatable bonds is 5. The highest BCUT2D eigenvalue weighted by Gasteiger charge is 2.19. The lowest BCUT2D eigenvalue weighted by Gasteiger charge is -2.28. The minimum absolute atomic E-state index is 0.0730. The van der Waals surface area contributed by atoms with Gasteiger partial charge < -0.3 is 4.90 Å². The first-order chi connectivity index (χ1) is 9.99. The van der Waals surface area contributed by atoms with Gasteiger partial charge in [0.05, 0.1) is 5.69 Å². The van der Waals surface area contributed by atoms with Crippen molar-refractivity contribution in [3.63, 3.8) is 0 Å². The average molecular weight is 286 g/mol. The summed E-state index contributed by atoms with van der Waals surface area (Å²) in [4.78, 5) is 18.4. The minimum Gasteiger partial charge on any atom is -0.336 e. The van der Waals surface area contributed by atoms with Crippen LogP contribution in [0.1, 0.15) is 38.1 Å². The van der Waals surface area contributed by atoms with Crippen molar-refractivity contribution >= 4 is 5.91 Å². The van der Waals surface area contributed by atoms with E-state index < -0.39 is 0 Å². The van der Waals surface area contributed by atoms with Gasteiger partial charge in [-0.15, -0.1) is 0 Å². The number of benzene rings is 1. The molecule has 0 N–H and O–H groups in total. The lowest BCUT2D eigenvalue weighted by Crippen LogP contribution is -2.39. The summed E-state index contributed by atoms with van der Waals surface area (Å²) in [5.74, 6) is 0.523. The first kappa shape index (κ1) is 15.2. The molecule has 1 amide bonds. The van der Waals surface area contributed by atoms with Crippen molar-refractivity contribution < 1.29 is 4.79 Å². The van der Waals surface area contributed by atoms with Crippen LogP contribution in [-0.4, -0.2) is 38.2 Å². The van der Waals surface area contributed by atoms with E-state index in [0.717, 1.165) is 12.2 Å². The van der Waals surface area contributed by atoms with Gasteiger partial charge in [0.2, 0.25) is 0 Å². The largest absolute Gasteiger partial charge is 0.336 e. The summed E-state index contributed by atoms with van der Waals surface area (Å²) in [5.41, 5.74) is 1.59. The lowest BCUT2D eigenvalue weighted by molar-refractivity contribution is 0.0682. The van der Waals surface area contributed by atoms with Gasteiger partial charge >= 0.3 is 0 Å².